The summed E-state index contributed by atoms with van der Waals surface area (Å²) in [5.74, 6) is 0.839. The fraction of sp³-hybridized carbons (Fsp3) is 0.292. The molecule has 2 aromatic carbocycles. The van der Waals surface area contributed by atoms with Gasteiger partial charge in [0.2, 0.25) is 5.88 Å². The lowest BCUT2D eigenvalue weighted by Gasteiger charge is -2.38. The van der Waals surface area contributed by atoms with Crippen molar-refractivity contribution in [1.29, 1.82) is 0 Å². The Balaban J connectivity index is 1.48. The maximum atomic E-state index is 13.6. The number of carbonyl (C=O) groups excluding carboxylic acids is 1. The van der Waals surface area contributed by atoms with E-state index < -0.39 is 0 Å². The SMILES string of the molecule is Cc1ccc(C)c(Oc2ncncc2C(=O)N2CCN(C3CC3)c3ccccc32)c1. The first kappa shape index (κ1) is 18.6. The number of hydrogen-bond acceptors (Lipinski definition) is 5. The van der Waals surface area contributed by atoms with Crippen LogP contribution in [0, 0.1) is 13.8 Å². The summed E-state index contributed by atoms with van der Waals surface area (Å²) in [6, 6.07) is 14.7. The highest BCUT2D eigenvalue weighted by molar-refractivity contribution is 6.09. The Kier molecular flexibility index (Phi) is 4.62. The Hall–Kier alpha value is -3.41. The number of para-hydroxylation sites is 2. The van der Waals surface area contributed by atoms with Crippen molar-refractivity contribution in [3.05, 3.63) is 71.7 Å². The van der Waals surface area contributed by atoms with Gasteiger partial charge in [-0.3, -0.25) is 4.79 Å². The van der Waals surface area contributed by atoms with Gasteiger partial charge in [-0.2, -0.15) is 0 Å². The van der Waals surface area contributed by atoms with Crippen molar-refractivity contribution in [1.82, 2.24) is 9.97 Å². The summed E-state index contributed by atoms with van der Waals surface area (Å²) in [5, 5.41) is 0. The van der Waals surface area contributed by atoms with Crippen molar-refractivity contribution in [2.24, 2.45) is 0 Å². The number of anilines is 2. The van der Waals surface area contributed by atoms with Crippen molar-refractivity contribution < 1.29 is 9.53 Å². The third-order valence-electron chi connectivity index (χ3n) is 5.74. The van der Waals surface area contributed by atoms with Gasteiger partial charge in [0.1, 0.15) is 17.6 Å². The number of aryl methyl sites for hydroxylation is 2. The number of rotatable bonds is 4. The van der Waals surface area contributed by atoms with E-state index in [2.05, 4.69) is 20.9 Å². The van der Waals surface area contributed by atoms with Crippen molar-refractivity contribution in [2.75, 3.05) is 22.9 Å². The first-order chi connectivity index (χ1) is 14.6. The van der Waals surface area contributed by atoms with E-state index in [1.165, 1.54) is 19.2 Å². The van der Waals surface area contributed by atoms with E-state index in [4.69, 9.17) is 4.74 Å². The van der Waals surface area contributed by atoms with E-state index in [0.29, 0.717) is 23.9 Å². The van der Waals surface area contributed by atoms with E-state index in [-0.39, 0.29) is 11.8 Å². The normalized spacial score (nSPS) is 15.7. The summed E-state index contributed by atoms with van der Waals surface area (Å²) in [6.45, 7) is 5.44. The molecule has 0 saturated heterocycles. The monoisotopic (exact) mass is 400 g/mol. The highest BCUT2D eigenvalue weighted by atomic mass is 16.5. The molecule has 0 unspecified atom stereocenters. The van der Waals surface area contributed by atoms with Gasteiger partial charge in [0.25, 0.3) is 5.91 Å². The molecule has 1 amide bonds. The summed E-state index contributed by atoms with van der Waals surface area (Å²) in [7, 11) is 0. The number of amides is 1. The molecule has 1 aromatic heterocycles. The molecule has 2 heterocycles. The third kappa shape index (κ3) is 3.38. The predicted octanol–water partition coefficient (Wildman–Crippen LogP) is 4.51. The van der Waals surface area contributed by atoms with Gasteiger partial charge in [0.05, 0.1) is 11.4 Å². The summed E-state index contributed by atoms with van der Waals surface area (Å²) in [5.41, 5.74) is 4.49. The van der Waals surface area contributed by atoms with Crippen LogP contribution in [0.1, 0.15) is 34.3 Å². The van der Waals surface area contributed by atoms with E-state index in [0.717, 1.165) is 29.0 Å². The zero-order valence-corrected chi connectivity index (χ0v) is 17.2. The van der Waals surface area contributed by atoms with Crippen LogP contribution in [-0.4, -0.2) is 35.0 Å². The molecule has 0 atom stereocenters. The zero-order chi connectivity index (χ0) is 20.7. The zero-order valence-electron chi connectivity index (χ0n) is 17.2. The topological polar surface area (TPSA) is 58.6 Å². The van der Waals surface area contributed by atoms with Gasteiger partial charge in [0, 0.05) is 25.3 Å². The highest BCUT2D eigenvalue weighted by Gasteiger charge is 2.36. The van der Waals surface area contributed by atoms with Crippen LogP contribution in [-0.2, 0) is 0 Å². The fourth-order valence-corrected chi connectivity index (χ4v) is 3.97. The fourth-order valence-electron chi connectivity index (χ4n) is 3.97. The summed E-state index contributed by atoms with van der Waals surface area (Å²) < 4.78 is 6.08. The Labute approximate surface area is 176 Å². The van der Waals surface area contributed by atoms with Crippen LogP contribution in [0.5, 0.6) is 11.6 Å². The molecule has 1 aliphatic heterocycles. The molecule has 1 fully saturated rings. The molecule has 5 rings (SSSR count). The molecule has 3 aromatic rings. The molecule has 0 radical (unpaired) electrons. The molecule has 30 heavy (non-hydrogen) atoms. The molecule has 1 aliphatic carbocycles. The van der Waals surface area contributed by atoms with Crippen LogP contribution >= 0.6 is 0 Å². The number of benzene rings is 2. The Morgan fingerprint density at radius 1 is 1.07 bits per heavy atom. The lowest BCUT2D eigenvalue weighted by atomic mass is 10.1. The lowest BCUT2D eigenvalue weighted by molar-refractivity contribution is 0.0983. The maximum Gasteiger partial charge on any atom is 0.265 e. The maximum absolute atomic E-state index is 13.6. The first-order valence-corrected chi connectivity index (χ1v) is 10.3. The van der Waals surface area contributed by atoms with Gasteiger partial charge in [-0.15, -0.1) is 0 Å². The molecular formula is C24H24N4O2. The van der Waals surface area contributed by atoms with Crippen LogP contribution in [0.15, 0.2) is 55.0 Å². The van der Waals surface area contributed by atoms with Crippen LogP contribution in [0.3, 0.4) is 0 Å². The van der Waals surface area contributed by atoms with Crippen LogP contribution < -0.4 is 14.5 Å². The smallest absolute Gasteiger partial charge is 0.265 e. The molecule has 0 bridgehead atoms. The average Bonchev–Trinajstić information content (AvgIpc) is 3.61. The van der Waals surface area contributed by atoms with Gasteiger partial charge in [0.15, 0.2) is 0 Å². The van der Waals surface area contributed by atoms with Crippen LogP contribution in [0.2, 0.25) is 0 Å². The molecule has 152 valence electrons. The second kappa shape index (κ2) is 7.44. The summed E-state index contributed by atoms with van der Waals surface area (Å²) >= 11 is 0. The van der Waals surface area contributed by atoms with Gasteiger partial charge in [-0.25, -0.2) is 9.97 Å². The quantitative estimate of drug-likeness (QED) is 0.645. The standard InChI is InChI=1S/C24H24N4O2/c1-16-7-8-17(2)22(13-16)30-23-19(14-25-15-26-23)24(29)28-12-11-27(18-9-10-18)20-5-3-4-6-21(20)28/h3-8,13-15,18H,9-12H2,1-2H3. The molecule has 1 saturated carbocycles. The Morgan fingerprint density at radius 2 is 1.87 bits per heavy atom. The van der Waals surface area contributed by atoms with Gasteiger partial charge < -0.3 is 14.5 Å². The Bertz CT molecular complexity index is 1110. The highest BCUT2D eigenvalue weighted by Crippen LogP contribution is 2.40. The van der Waals surface area contributed by atoms with E-state index >= 15 is 0 Å². The van der Waals surface area contributed by atoms with Crippen molar-refractivity contribution >= 4 is 17.3 Å². The van der Waals surface area contributed by atoms with Crippen molar-refractivity contribution in [3.63, 3.8) is 0 Å². The largest absolute Gasteiger partial charge is 0.438 e. The Morgan fingerprint density at radius 3 is 2.67 bits per heavy atom. The van der Waals surface area contributed by atoms with Gasteiger partial charge >= 0.3 is 0 Å². The number of ether oxygens (including phenoxy) is 1. The minimum absolute atomic E-state index is 0.140. The number of carbonyl (C=O) groups is 1. The van der Waals surface area contributed by atoms with E-state index in [1.54, 1.807) is 6.20 Å². The molecule has 0 spiro atoms. The number of nitrogens with zero attached hydrogens (tertiary/aromatic N) is 4. The number of fused-ring (bicyclic) bond motifs is 1. The third-order valence-corrected chi connectivity index (χ3v) is 5.74. The van der Waals surface area contributed by atoms with E-state index in [9.17, 15) is 4.79 Å². The predicted molar refractivity (Wildman–Crippen MR) is 117 cm³/mol. The summed E-state index contributed by atoms with van der Waals surface area (Å²) in [4.78, 5) is 26.2. The number of aromatic nitrogens is 2. The molecule has 6 nitrogen and oxygen atoms in total. The minimum Gasteiger partial charge on any atom is -0.438 e. The number of hydrogen-bond donors (Lipinski definition) is 0. The molecular weight excluding hydrogens is 376 g/mol. The van der Waals surface area contributed by atoms with Crippen LogP contribution in [0.25, 0.3) is 0 Å². The van der Waals surface area contributed by atoms with Gasteiger partial charge in [-0.1, -0.05) is 24.3 Å². The molecule has 2 aliphatic rings. The lowest BCUT2D eigenvalue weighted by Crippen LogP contribution is -2.45. The second-order valence-corrected chi connectivity index (χ2v) is 7.98. The average molecular weight is 400 g/mol. The first-order valence-electron chi connectivity index (χ1n) is 10.3. The molecule has 0 N–H and O–H groups in total. The summed E-state index contributed by atoms with van der Waals surface area (Å²) in [6.07, 6.45) is 5.41. The molecule has 6 heteroatoms. The van der Waals surface area contributed by atoms with Crippen molar-refractivity contribution in [2.45, 2.75) is 32.7 Å². The second-order valence-electron chi connectivity index (χ2n) is 7.98. The van der Waals surface area contributed by atoms with Crippen molar-refractivity contribution in [3.8, 4) is 11.6 Å². The van der Waals surface area contributed by atoms with Gasteiger partial charge in [-0.05, 0) is 56.0 Å². The minimum atomic E-state index is -0.140. The van der Waals surface area contributed by atoms with E-state index in [1.807, 2.05) is 55.1 Å². The van der Waals surface area contributed by atoms with Crippen LogP contribution in [0.4, 0.5) is 11.4 Å².